The van der Waals surface area contributed by atoms with Crippen LogP contribution in [0.3, 0.4) is 0 Å². The van der Waals surface area contributed by atoms with Crippen molar-refractivity contribution in [3.05, 3.63) is 35.4 Å². The summed E-state index contributed by atoms with van der Waals surface area (Å²) in [6.45, 7) is 4.58. The lowest BCUT2D eigenvalue weighted by atomic mass is 9.83. The first-order valence-electron chi connectivity index (χ1n) is 6.79. The number of Topliss-reactive ketones (excluding diaryl/α,β-unsaturated/α-hetero) is 1. The Bertz CT molecular complexity index is 504. The van der Waals surface area contributed by atoms with Crippen LogP contribution in [0.2, 0.25) is 0 Å². The van der Waals surface area contributed by atoms with Gasteiger partial charge in [0.25, 0.3) is 0 Å². The molecular formula is C16H19NO2. The number of carbonyl (C=O) groups excluding carboxylic acids is 1. The Labute approximate surface area is 114 Å². The van der Waals surface area contributed by atoms with Crippen molar-refractivity contribution in [1.29, 1.82) is 5.26 Å². The van der Waals surface area contributed by atoms with E-state index >= 15 is 0 Å². The molecule has 100 valence electrons. The molecule has 1 aliphatic rings. The van der Waals surface area contributed by atoms with Crippen molar-refractivity contribution < 1.29 is 9.53 Å². The smallest absolute Gasteiger partial charge is 0.160 e. The minimum absolute atomic E-state index is 0.0150. The number of carbonyl (C=O) groups is 1. The number of ether oxygens (including phenoxy) is 1. The Morgan fingerprint density at radius 3 is 2.89 bits per heavy atom. The van der Waals surface area contributed by atoms with Crippen molar-refractivity contribution in [2.24, 2.45) is 5.92 Å². The molecule has 1 fully saturated rings. The molecule has 0 bridgehead atoms. The molecule has 0 radical (unpaired) electrons. The van der Waals surface area contributed by atoms with Crippen LogP contribution in [0.15, 0.2) is 24.3 Å². The fourth-order valence-electron chi connectivity index (χ4n) is 2.79. The van der Waals surface area contributed by atoms with Gasteiger partial charge in [-0.1, -0.05) is 31.2 Å². The molecule has 2 rings (SSSR count). The molecule has 0 amide bonds. The average Bonchev–Trinajstić information content (AvgIpc) is 2.89. The van der Waals surface area contributed by atoms with Gasteiger partial charge in [-0.2, -0.15) is 5.26 Å². The second-order valence-electron chi connectivity index (χ2n) is 5.03. The van der Waals surface area contributed by atoms with Crippen molar-refractivity contribution in [1.82, 2.24) is 0 Å². The van der Waals surface area contributed by atoms with Crippen LogP contribution in [-0.4, -0.2) is 18.5 Å². The van der Waals surface area contributed by atoms with Gasteiger partial charge in [-0.15, -0.1) is 0 Å². The fraction of sp³-hybridized carbons (Fsp3) is 0.500. The normalized spacial score (nSPS) is 23.8. The monoisotopic (exact) mass is 257 g/mol. The fourth-order valence-corrected chi connectivity index (χ4v) is 2.79. The van der Waals surface area contributed by atoms with Gasteiger partial charge < -0.3 is 4.74 Å². The highest BCUT2D eigenvalue weighted by Crippen LogP contribution is 2.31. The van der Waals surface area contributed by atoms with E-state index in [1.165, 1.54) is 0 Å². The van der Waals surface area contributed by atoms with Crippen LogP contribution in [0.1, 0.15) is 36.8 Å². The maximum Gasteiger partial charge on any atom is 0.160 e. The molecule has 3 unspecified atom stereocenters. The van der Waals surface area contributed by atoms with Crippen LogP contribution in [-0.2, 0) is 9.53 Å². The van der Waals surface area contributed by atoms with E-state index in [-0.39, 0.29) is 17.8 Å². The van der Waals surface area contributed by atoms with E-state index in [2.05, 4.69) is 6.07 Å². The number of benzene rings is 1. The van der Waals surface area contributed by atoms with Crippen LogP contribution < -0.4 is 0 Å². The van der Waals surface area contributed by atoms with Crippen molar-refractivity contribution >= 4 is 5.78 Å². The van der Waals surface area contributed by atoms with E-state index in [0.29, 0.717) is 6.61 Å². The zero-order chi connectivity index (χ0) is 13.8. The first kappa shape index (κ1) is 13.8. The topological polar surface area (TPSA) is 50.1 Å². The summed E-state index contributed by atoms with van der Waals surface area (Å²) in [5.74, 6) is -0.780. The summed E-state index contributed by atoms with van der Waals surface area (Å²) in [6.07, 6.45) is 1.54. The van der Waals surface area contributed by atoms with E-state index in [4.69, 9.17) is 4.74 Å². The molecule has 19 heavy (non-hydrogen) atoms. The highest BCUT2D eigenvalue weighted by atomic mass is 16.5. The molecule has 1 aromatic rings. The van der Waals surface area contributed by atoms with Crippen LogP contribution in [0.5, 0.6) is 0 Å². The maximum atomic E-state index is 12.6. The van der Waals surface area contributed by atoms with Gasteiger partial charge in [0.15, 0.2) is 5.78 Å². The van der Waals surface area contributed by atoms with Crippen molar-refractivity contribution in [2.75, 3.05) is 6.61 Å². The van der Waals surface area contributed by atoms with Gasteiger partial charge in [0.05, 0.1) is 12.2 Å². The Kier molecular flexibility index (Phi) is 4.34. The lowest BCUT2D eigenvalue weighted by Gasteiger charge is -2.19. The lowest BCUT2D eigenvalue weighted by Crippen LogP contribution is -2.28. The summed E-state index contributed by atoms with van der Waals surface area (Å²) in [6, 6.07) is 9.79. The van der Waals surface area contributed by atoms with Gasteiger partial charge in [0, 0.05) is 12.5 Å². The minimum Gasteiger partial charge on any atom is -0.377 e. The summed E-state index contributed by atoms with van der Waals surface area (Å²) < 4.78 is 5.57. The maximum absolute atomic E-state index is 12.6. The summed E-state index contributed by atoms with van der Waals surface area (Å²) in [7, 11) is 0. The summed E-state index contributed by atoms with van der Waals surface area (Å²) >= 11 is 0. The van der Waals surface area contributed by atoms with Gasteiger partial charge in [-0.05, 0) is 30.9 Å². The Morgan fingerprint density at radius 1 is 1.53 bits per heavy atom. The predicted octanol–water partition coefficient (Wildman–Crippen LogP) is 2.99. The molecule has 3 heteroatoms. The lowest BCUT2D eigenvalue weighted by molar-refractivity contribution is -0.124. The first-order valence-corrected chi connectivity index (χ1v) is 6.79. The summed E-state index contributed by atoms with van der Waals surface area (Å²) in [5.41, 5.74) is 1.83. The van der Waals surface area contributed by atoms with Crippen molar-refractivity contribution in [3.8, 4) is 6.07 Å². The van der Waals surface area contributed by atoms with E-state index in [0.717, 1.165) is 24.0 Å². The quantitative estimate of drug-likeness (QED) is 0.833. The number of nitrogens with zero attached hydrogens (tertiary/aromatic N) is 1. The number of hydrogen-bond donors (Lipinski definition) is 0. The third kappa shape index (κ3) is 2.69. The van der Waals surface area contributed by atoms with Crippen LogP contribution in [0.25, 0.3) is 0 Å². The van der Waals surface area contributed by atoms with Gasteiger partial charge in [-0.25, -0.2) is 0 Å². The van der Waals surface area contributed by atoms with Crippen molar-refractivity contribution in [2.45, 2.75) is 38.7 Å². The highest BCUT2D eigenvalue weighted by molar-refractivity contribution is 5.91. The van der Waals surface area contributed by atoms with Crippen LogP contribution in [0, 0.1) is 24.2 Å². The summed E-state index contributed by atoms with van der Waals surface area (Å²) in [4.78, 5) is 12.6. The summed E-state index contributed by atoms with van der Waals surface area (Å²) in [5, 5.41) is 9.38. The van der Waals surface area contributed by atoms with E-state index in [1.807, 2.05) is 38.1 Å². The third-order valence-electron chi connectivity index (χ3n) is 3.89. The van der Waals surface area contributed by atoms with E-state index < -0.39 is 5.92 Å². The Balaban J connectivity index is 2.26. The number of hydrogen-bond acceptors (Lipinski definition) is 3. The van der Waals surface area contributed by atoms with Gasteiger partial charge in [0.1, 0.15) is 5.92 Å². The largest absolute Gasteiger partial charge is 0.377 e. The zero-order valence-electron chi connectivity index (χ0n) is 11.4. The molecule has 3 nitrogen and oxygen atoms in total. The molecule has 1 aromatic carbocycles. The zero-order valence-corrected chi connectivity index (χ0v) is 11.4. The van der Waals surface area contributed by atoms with E-state index in [1.54, 1.807) is 0 Å². The molecule has 1 saturated heterocycles. The molecule has 1 aliphatic heterocycles. The second-order valence-corrected chi connectivity index (χ2v) is 5.03. The standard InChI is InChI=1S/C16H19NO2/c1-3-15-13(8-9-19-15)16(18)14(10-17)12-7-5-4-6-11(12)2/h4-7,13-15H,3,8-9H2,1-2H3. The Hall–Kier alpha value is -1.66. The number of ketones is 1. The first-order chi connectivity index (χ1) is 9.19. The molecule has 0 aliphatic carbocycles. The molecule has 0 spiro atoms. The number of rotatable bonds is 4. The average molecular weight is 257 g/mol. The molecule has 3 atom stereocenters. The van der Waals surface area contributed by atoms with E-state index in [9.17, 15) is 10.1 Å². The molecule has 0 aromatic heterocycles. The van der Waals surface area contributed by atoms with Crippen LogP contribution >= 0.6 is 0 Å². The van der Waals surface area contributed by atoms with Gasteiger partial charge in [0.2, 0.25) is 0 Å². The number of aryl methyl sites for hydroxylation is 1. The SMILES string of the molecule is CCC1OCCC1C(=O)C(C#N)c1ccccc1C. The van der Waals surface area contributed by atoms with Crippen molar-refractivity contribution in [3.63, 3.8) is 0 Å². The highest BCUT2D eigenvalue weighted by Gasteiger charge is 2.37. The second kappa shape index (κ2) is 5.99. The van der Waals surface area contributed by atoms with Gasteiger partial charge >= 0.3 is 0 Å². The minimum atomic E-state index is -0.665. The molecule has 0 N–H and O–H groups in total. The Morgan fingerprint density at radius 2 is 2.26 bits per heavy atom. The molecular weight excluding hydrogens is 238 g/mol. The van der Waals surface area contributed by atoms with Crippen LogP contribution in [0.4, 0.5) is 0 Å². The predicted molar refractivity (Wildman–Crippen MR) is 72.7 cm³/mol. The third-order valence-corrected chi connectivity index (χ3v) is 3.89. The number of nitriles is 1. The van der Waals surface area contributed by atoms with Gasteiger partial charge in [-0.3, -0.25) is 4.79 Å². The molecule has 0 saturated carbocycles. The molecule has 1 heterocycles.